The summed E-state index contributed by atoms with van der Waals surface area (Å²) in [5.41, 5.74) is 5.32. The van der Waals surface area contributed by atoms with Gasteiger partial charge in [0.15, 0.2) is 6.23 Å². The fourth-order valence-electron chi connectivity index (χ4n) is 4.22. The third-order valence-corrected chi connectivity index (χ3v) is 6.13. The van der Waals surface area contributed by atoms with Gasteiger partial charge in [-0.25, -0.2) is 4.79 Å². The van der Waals surface area contributed by atoms with Crippen molar-refractivity contribution in [2.24, 2.45) is 0 Å². The zero-order valence-corrected chi connectivity index (χ0v) is 21.7. The molecule has 1 heterocycles. The molecule has 4 rings (SSSR count). The number of benzene rings is 3. The number of amides is 2. The first kappa shape index (κ1) is 26.5. The smallest absolute Gasteiger partial charge is 0.319 e. The summed E-state index contributed by atoms with van der Waals surface area (Å²) in [4.78, 5) is 25.5. The number of hydrogen-bond donors (Lipinski definition) is 2. The number of hydrogen-bond acceptors (Lipinski definition) is 5. The Kier molecular flexibility index (Phi) is 9.18. The lowest BCUT2D eigenvalue weighted by molar-refractivity contribution is -0.152. The average Bonchev–Trinajstić information content (AvgIpc) is 2.93. The van der Waals surface area contributed by atoms with Gasteiger partial charge in [0.1, 0.15) is 5.75 Å². The van der Waals surface area contributed by atoms with Crippen LogP contribution in [-0.4, -0.2) is 42.8 Å². The first-order chi connectivity index (χ1) is 18.5. The molecule has 1 aliphatic heterocycles. The number of nitrogens with zero attached hydrogens (tertiary/aromatic N) is 1. The highest BCUT2D eigenvalue weighted by atomic mass is 16.6. The number of esters is 1. The Balaban J connectivity index is 1.21. The zero-order chi connectivity index (χ0) is 26.7. The molecule has 3 aromatic carbocycles. The van der Waals surface area contributed by atoms with E-state index >= 15 is 0 Å². The summed E-state index contributed by atoms with van der Waals surface area (Å²) in [5.74, 6) is 0.415. The van der Waals surface area contributed by atoms with Gasteiger partial charge >= 0.3 is 12.0 Å². The molecular weight excluding hydrogens is 478 g/mol. The van der Waals surface area contributed by atoms with Crippen LogP contribution in [-0.2, 0) is 16.0 Å². The molecule has 2 N–H and O–H groups in total. The van der Waals surface area contributed by atoms with E-state index in [1.54, 1.807) is 0 Å². The minimum atomic E-state index is -0.374. The SMILES string of the molecule is CC(=O)OC(C)N1C=CC=C(CNC(=O)Nc2ccc(OCCc3ccccc3-c3ccccc3)cc2)C1. The van der Waals surface area contributed by atoms with Crippen LogP contribution in [0.2, 0.25) is 0 Å². The van der Waals surface area contributed by atoms with Crippen molar-refractivity contribution < 1.29 is 19.1 Å². The Hall–Kier alpha value is -4.52. The van der Waals surface area contributed by atoms with E-state index in [0.717, 1.165) is 17.7 Å². The lowest BCUT2D eigenvalue weighted by atomic mass is 9.98. The van der Waals surface area contributed by atoms with E-state index < -0.39 is 0 Å². The third-order valence-electron chi connectivity index (χ3n) is 6.13. The van der Waals surface area contributed by atoms with E-state index in [0.29, 0.717) is 25.4 Å². The second kappa shape index (κ2) is 13.1. The van der Waals surface area contributed by atoms with Gasteiger partial charge in [-0.3, -0.25) is 4.79 Å². The maximum Gasteiger partial charge on any atom is 0.319 e. The Morgan fingerprint density at radius 2 is 1.71 bits per heavy atom. The van der Waals surface area contributed by atoms with Crippen molar-refractivity contribution >= 4 is 17.7 Å². The Morgan fingerprint density at radius 3 is 2.47 bits per heavy atom. The Morgan fingerprint density at radius 1 is 0.974 bits per heavy atom. The largest absolute Gasteiger partial charge is 0.493 e. The van der Waals surface area contributed by atoms with Gasteiger partial charge in [0, 0.05) is 38.3 Å². The fourth-order valence-corrected chi connectivity index (χ4v) is 4.22. The molecule has 2 amide bonds. The number of anilines is 1. The van der Waals surface area contributed by atoms with Crippen molar-refractivity contribution in [3.05, 3.63) is 108 Å². The molecule has 3 aromatic rings. The van der Waals surface area contributed by atoms with Gasteiger partial charge in [0.25, 0.3) is 0 Å². The number of allylic oxidation sites excluding steroid dienone is 2. The monoisotopic (exact) mass is 511 g/mol. The number of nitrogens with one attached hydrogen (secondary N) is 2. The van der Waals surface area contributed by atoms with Crippen molar-refractivity contribution in [1.82, 2.24) is 10.2 Å². The van der Waals surface area contributed by atoms with Gasteiger partial charge in [-0.15, -0.1) is 0 Å². The highest BCUT2D eigenvalue weighted by Gasteiger charge is 2.16. The molecule has 38 heavy (non-hydrogen) atoms. The lowest BCUT2D eigenvalue weighted by Gasteiger charge is -2.30. The highest BCUT2D eigenvalue weighted by molar-refractivity contribution is 5.89. The molecule has 196 valence electrons. The maximum absolute atomic E-state index is 12.4. The number of carbonyl (C=O) groups excluding carboxylic acids is 2. The van der Waals surface area contributed by atoms with Gasteiger partial charge in [-0.05, 0) is 59.5 Å². The van der Waals surface area contributed by atoms with Crippen LogP contribution in [0.25, 0.3) is 11.1 Å². The second-order valence-corrected chi connectivity index (χ2v) is 9.00. The summed E-state index contributed by atoms with van der Waals surface area (Å²) >= 11 is 0. The van der Waals surface area contributed by atoms with Gasteiger partial charge in [0.2, 0.25) is 0 Å². The molecule has 7 heteroatoms. The molecule has 0 aromatic heterocycles. The third kappa shape index (κ3) is 7.74. The van der Waals surface area contributed by atoms with Gasteiger partial charge in [0.05, 0.1) is 6.61 Å². The minimum Gasteiger partial charge on any atom is -0.493 e. The normalized spacial score (nSPS) is 13.3. The minimum absolute atomic E-state index is 0.300. The van der Waals surface area contributed by atoms with Gasteiger partial charge in [-0.1, -0.05) is 60.7 Å². The average molecular weight is 512 g/mol. The molecule has 0 spiro atoms. The standard InChI is InChI=1S/C31H33N3O4/c1-23(38-24(2)35)34-19-8-9-25(22-34)21-32-31(36)33-28-14-16-29(17-15-28)37-20-18-27-12-6-7-13-30(27)26-10-4-3-5-11-26/h3-17,19,23H,18,20-22H2,1-2H3,(H2,32,33,36). The number of carbonyl (C=O) groups is 2. The van der Waals surface area contributed by atoms with Crippen LogP contribution < -0.4 is 15.4 Å². The predicted octanol–water partition coefficient (Wildman–Crippen LogP) is 5.76. The van der Waals surface area contributed by atoms with E-state index in [2.05, 4.69) is 41.0 Å². The van der Waals surface area contributed by atoms with Crippen LogP contribution in [0.5, 0.6) is 5.75 Å². The van der Waals surface area contributed by atoms with Crippen molar-refractivity contribution in [2.45, 2.75) is 26.5 Å². The fraction of sp³-hybridized carbons (Fsp3) is 0.226. The predicted molar refractivity (Wildman–Crippen MR) is 150 cm³/mol. The molecule has 0 saturated heterocycles. The molecular formula is C31H33N3O4. The molecule has 1 unspecified atom stereocenters. The first-order valence-corrected chi connectivity index (χ1v) is 12.7. The summed E-state index contributed by atoms with van der Waals surface area (Å²) in [6, 6.07) is 25.8. The van der Waals surface area contributed by atoms with Crippen molar-refractivity contribution in [1.29, 1.82) is 0 Å². The van der Waals surface area contributed by atoms with Crippen LogP contribution in [0.4, 0.5) is 10.5 Å². The van der Waals surface area contributed by atoms with Gasteiger partial charge in [-0.2, -0.15) is 0 Å². The highest BCUT2D eigenvalue weighted by Crippen LogP contribution is 2.24. The number of ether oxygens (including phenoxy) is 2. The van der Waals surface area contributed by atoms with Gasteiger partial charge < -0.3 is 25.0 Å². The van der Waals surface area contributed by atoms with E-state index in [1.807, 2.05) is 78.7 Å². The molecule has 7 nitrogen and oxygen atoms in total. The van der Waals surface area contributed by atoms with Crippen LogP contribution in [0.15, 0.2) is 103 Å². The summed E-state index contributed by atoms with van der Waals surface area (Å²) in [6.07, 6.45) is 6.10. The Bertz CT molecular complexity index is 1290. The van der Waals surface area contributed by atoms with Crippen LogP contribution in [0.1, 0.15) is 19.4 Å². The molecule has 0 bridgehead atoms. The maximum atomic E-state index is 12.4. The summed E-state index contributed by atoms with van der Waals surface area (Å²) in [5, 5.41) is 5.71. The number of urea groups is 1. The molecule has 0 fully saturated rings. The second-order valence-electron chi connectivity index (χ2n) is 9.00. The quantitative estimate of drug-likeness (QED) is 0.338. The van der Waals surface area contributed by atoms with Crippen molar-refractivity contribution in [3.8, 4) is 16.9 Å². The molecule has 0 radical (unpaired) electrons. The molecule has 1 aliphatic rings. The van der Waals surface area contributed by atoms with E-state index in [-0.39, 0.29) is 18.2 Å². The van der Waals surface area contributed by atoms with Crippen LogP contribution in [0.3, 0.4) is 0 Å². The molecule has 0 aliphatic carbocycles. The van der Waals surface area contributed by atoms with Crippen molar-refractivity contribution in [3.63, 3.8) is 0 Å². The lowest BCUT2D eigenvalue weighted by Crippen LogP contribution is -2.38. The first-order valence-electron chi connectivity index (χ1n) is 12.7. The van der Waals surface area contributed by atoms with E-state index in [4.69, 9.17) is 9.47 Å². The topological polar surface area (TPSA) is 79.9 Å². The van der Waals surface area contributed by atoms with E-state index in [1.165, 1.54) is 23.6 Å². The summed E-state index contributed by atoms with van der Waals surface area (Å²) < 4.78 is 11.2. The Labute approximate surface area is 223 Å². The number of rotatable bonds is 10. The van der Waals surface area contributed by atoms with Crippen LogP contribution >= 0.6 is 0 Å². The zero-order valence-electron chi connectivity index (χ0n) is 21.7. The van der Waals surface area contributed by atoms with Crippen molar-refractivity contribution in [2.75, 3.05) is 25.0 Å². The molecule has 1 atom stereocenters. The summed E-state index contributed by atoms with van der Waals surface area (Å²) in [6.45, 7) is 4.69. The summed E-state index contributed by atoms with van der Waals surface area (Å²) in [7, 11) is 0. The molecule has 0 saturated carbocycles. The van der Waals surface area contributed by atoms with E-state index in [9.17, 15) is 9.59 Å². The van der Waals surface area contributed by atoms with Crippen LogP contribution in [0, 0.1) is 0 Å².